The minimum Gasteiger partial charge on any atom is -0.477 e. The van der Waals surface area contributed by atoms with Gasteiger partial charge in [-0.05, 0) is 30.3 Å². The third-order valence-corrected chi connectivity index (χ3v) is 2.30. The lowest BCUT2D eigenvalue weighted by atomic mass is 10.3. The summed E-state index contributed by atoms with van der Waals surface area (Å²) in [5, 5.41) is 12.4. The Morgan fingerprint density at radius 2 is 2.00 bits per heavy atom. The zero-order valence-corrected chi connectivity index (χ0v) is 9.48. The highest BCUT2D eigenvalue weighted by molar-refractivity contribution is 6.30. The number of nitrogens with one attached hydrogen (secondary N) is 1. The molecule has 2 rings (SSSR count). The summed E-state index contributed by atoms with van der Waals surface area (Å²) in [4.78, 5) is 14.7. The number of pyridine rings is 1. The van der Waals surface area contributed by atoms with Gasteiger partial charge in [-0.2, -0.15) is 0 Å². The lowest BCUT2D eigenvalue weighted by Crippen LogP contribution is -2.02. The highest BCUT2D eigenvalue weighted by atomic mass is 35.5. The number of nitrogens with zero attached hydrogens (tertiary/aromatic N) is 1. The SMILES string of the molecule is O=C(O)c1cccc(Nc2cccc(Cl)c2)n1. The Labute approximate surface area is 103 Å². The quantitative estimate of drug-likeness (QED) is 0.876. The maximum Gasteiger partial charge on any atom is 0.354 e. The Balaban J connectivity index is 2.24. The molecule has 86 valence electrons. The molecule has 0 radical (unpaired) electrons. The number of carboxylic acids is 1. The lowest BCUT2D eigenvalue weighted by molar-refractivity contribution is 0.0690. The number of rotatable bonds is 3. The molecule has 4 nitrogen and oxygen atoms in total. The molecule has 0 spiro atoms. The lowest BCUT2D eigenvalue weighted by Gasteiger charge is -2.06. The number of carbonyl (C=O) groups is 1. The van der Waals surface area contributed by atoms with E-state index in [1.807, 2.05) is 6.07 Å². The fourth-order valence-corrected chi connectivity index (χ4v) is 1.53. The number of aromatic carboxylic acids is 1. The Hall–Kier alpha value is -2.07. The van der Waals surface area contributed by atoms with E-state index in [4.69, 9.17) is 16.7 Å². The average Bonchev–Trinajstić information content (AvgIpc) is 2.29. The maximum absolute atomic E-state index is 10.7. The first-order valence-electron chi connectivity index (χ1n) is 4.88. The van der Waals surface area contributed by atoms with Crippen molar-refractivity contribution >= 4 is 29.1 Å². The number of carboxylic acid groups (broad SMARTS) is 1. The number of aromatic nitrogens is 1. The van der Waals surface area contributed by atoms with Gasteiger partial charge in [-0.3, -0.25) is 0 Å². The zero-order chi connectivity index (χ0) is 12.3. The second kappa shape index (κ2) is 4.84. The third-order valence-electron chi connectivity index (χ3n) is 2.07. The highest BCUT2D eigenvalue weighted by Gasteiger charge is 2.05. The number of hydrogen-bond donors (Lipinski definition) is 2. The predicted octanol–water partition coefficient (Wildman–Crippen LogP) is 3.18. The summed E-state index contributed by atoms with van der Waals surface area (Å²) in [7, 11) is 0. The van der Waals surface area contributed by atoms with Gasteiger partial charge in [0.15, 0.2) is 5.69 Å². The molecule has 2 aromatic rings. The van der Waals surface area contributed by atoms with Gasteiger partial charge in [-0.15, -0.1) is 0 Å². The average molecular weight is 249 g/mol. The fourth-order valence-electron chi connectivity index (χ4n) is 1.34. The first-order chi connectivity index (χ1) is 8.15. The Morgan fingerprint density at radius 1 is 1.24 bits per heavy atom. The molecule has 2 N–H and O–H groups in total. The van der Waals surface area contributed by atoms with Crippen LogP contribution in [-0.4, -0.2) is 16.1 Å². The van der Waals surface area contributed by atoms with Crippen molar-refractivity contribution in [1.82, 2.24) is 4.98 Å². The Bertz CT molecular complexity index is 558. The van der Waals surface area contributed by atoms with Gasteiger partial charge in [0.2, 0.25) is 0 Å². The van der Waals surface area contributed by atoms with Crippen LogP contribution >= 0.6 is 11.6 Å². The normalized spacial score (nSPS) is 9.94. The predicted molar refractivity (Wildman–Crippen MR) is 65.9 cm³/mol. The number of benzene rings is 1. The van der Waals surface area contributed by atoms with E-state index in [1.165, 1.54) is 6.07 Å². The number of halogens is 1. The van der Waals surface area contributed by atoms with Crippen LogP contribution in [0, 0.1) is 0 Å². The van der Waals surface area contributed by atoms with Crippen molar-refractivity contribution in [3.8, 4) is 0 Å². The van der Waals surface area contributed by atoms with E-state index < -0.39 is 5.97 Å². The van der Waals surface area contributed by atoms with E-state index in [1.54, 1.807) is 30.3 Å². The zero-order valence-electron chi connectivity index (χ0n) is 8.72. The molecule has 0 amide bonds. The van der Waals surface area contributed by atoms with Gasteiger partial charge in [0.05, 0.1) is 0 Å². The van der Waals surface area contributed by atoms with E-state index >= 15 is 0 Å². The van der Waals surface area contributed by atoms with Gasteiger partial charge in [-0.25, -0.2) is 9.78 Å². The number of hydrogen-bond acceptors (Lipinski definition) is 3. The van der Waals surface area contributed by atoms with Gasteiger partial charge < -0.3 is 10.4 Å². The molecule has 1 heterocycles. The molecule has 1 aromatic heterocycles. The second-order valence-electron chi connectivity index (χ2n) is 3.35. The molecule has 5 heteroatoms. The first-order valence-corrected chi connectivity index (χ1v) is 5.26. The van der Waals surface area contributed by atoms with Crippen molar-refractivity contribution in [1.29, 1.82) is 0 Å². The van der Waals surface area contributed by atoms with Crippen LogP contribution in [0.15, 0.2) is 42.5 Å². The minimum atomic E-state index is -1.06. The topological polar surface area (TPSA) is 62.2 Å². The molecule has 0 aliphatic rings. The van der Waals surface area contributed by atoms with Gasteiger partial charge >= 0.3 is 5.97 Å². The van der Waals surface area contributed by atoms with Crippen LogP contribution in [0.4, 0.5) is 11.5 Å². The molecule has 0 unspecified atom stereocenters. The van der Waals surface area contributed by atoms with Crippen LogP contribution in [0.3, 0.4) is 0 Å². The first kappa shape index (κ1) is 11.4. The van der Waals surface area contributed by atoms with Crippen molar-refractivity contribution in [2.24, 2.45) is 0 Å². The van der Waals surface area contributed by atoms with E-state index in [2.05, 4.69) is 10.3 Å². The van der Waals surface area contributed by atoms with Crippen LogP contribution in [-0.2, 0) is 0 Å². The highest BCUT2D eigenvalue weighted by Crippen LogP contribution is 2.18. The van der Waals surface area contributed by atoms with E-state index in [0.29, 0.717) is 10.8 Å². The molecule has 0 aliphatic carbocycles. The molecular weight excluding hydrogens is 240 g/mol. The Kier molecular flexibility index (Phi) is 3.25. The largest absolute Gasteiger partial charge is 0.477 e. The second-order valence-corrected chi connectivity index (χ2v) is 3.79. The van der Waals surface area contributed by atoms with Crippen molar-refractivity contribution < 1.29 is 9.90 Å². The monoisotopic (exact) mass is 248 g/mol. The van der Waals surface area contributed by atoms with Crippen LogP contribution in [0.1, 0.15) is 10.5 Å². The molecule has 1 aromatic carbocycles. The van der Waals surface area contributed by atoms with Gasteiger partial charge in [0.25, 0.3) is 0 Å². The van der Waals surface area contributed by atoms with Crippen molar-refractivity contribution in [3.05, 3.63) is 53.2 Å². The standard InChI is InChI=1S/C12H9ClN2O2/c13-8-3-1-4-9(7-8)14-11-6-2-5-10(15-11)12(16)17/h1-7H,(H,14,15)(H,16,17). The molecule has 0 saturated carbocycles. The minimum absolute atomic E-state index is 0.00275. The van der Waals surface area contributed by atoms with Gasteiger partial charge in [0.1, 0.15) is 5.82 Å². The van der Waals surface area contributed by atoms with Crippen LogP contribution in [0.2, 0.25) is 5.02 Å². The Morgan fingerprint density at radius 3 is 2.71 bits per heavy atom. The van der Waals surface area contributed by atoms with Crippen LogP contribution in [0.25, 0.3) is 0 Å². The third kappa shape index (κ3) is 2.95. The molecule has 0 atom stereocenters. The summed E-state index contributed by atoms with van der Waals surface area (Å²) in [5.74, 6) is -0.591. The fraction of sp³-hybridized carbons (Fsp3) is 0. The summed E-state index contributed by atoms with van der Waals surface area (Å²) < 4.78 is 0. The molecular formula is C12H9ClN2O2. The molecule has 0 saturated heterocycles. The van der Waals surface area contributed by atoms with E-state index in [9.17, 15) is 4.79 Å². The summed E-state index contributed by atoms with van der Waals surface area (Å²) in [5.41, 5.74) is 0.754. The van der Waals surface area contributed by atoms with Crippen LogP contribution < -0.4 is 5.32 Å². The molecule has 0 bridgehead atoms. The van der Waals surface area contributed by atoms with Crippen molar-refractivity contribution in [3.63, 3.8) is 0 Å². The summed E-state index contributed by atoms with van der Waals surface area (Å²) in [6.07, 6.45) is 0. The summed E-state index contributed by atoms with van der Waals surface area (Å²) in [6, 6.07) is 11.9. The maximum atomic E-state index is 10.7. The van der Waals surface area contributed by atoms with Crippen LogP contribution in [0.5, 0.6) is 0 Å². The van der Waals surface area contributed by atoms with Crippen molar-refractivity contribution in [2.75, 3.05) is 5.32 Å². The molecule has 0 fully saturated rings. The summed E-state index contributed by atoms with van der Waals surface area (Å²) >= 11 is 5.84. The molecule has 0 aliphatic heterocycles. The summed E-state index contributed by atoms with van der Waals surface area (Å²) in [6.45, 7) is 0. The van der Waals surface area contributed by atoms with E-state index in [0.717, 1.165) is 5.69 Å². The molecule has 17 heavy (non-hydrogen) atoms. The van der Waals surface area contributed by atoms with Gasteiger partial charge in [-0.1, -0.05) is 23.7 Å². The number of anilines is 2. The van der Waals surface area contributed by atoms with E-state index in [-0.39, 0.29) is 5.69 Å². The van der Waals surface area contributed by atoms with Gasteiger partial charge in [0, 0.05) is 10.7 Å². The smallest absolute Gasteiger partial charge is 0.354 e. The van der Waals surface area contributed by atoms with Crippen molar-refractivity contribution in [2.45, 2.75) is 0 Å².